The van der Waals surface area contributed by atoms with Crippen molar-refractivity contribution in [2.75, 3.05) is 18.4 Å². The Hall–Kier alpha value is -3.32. The van der Waals surface area contributed by atoms with Crippen molar-refractivity contribution in [2.45, 2.75) is 37.5 Å². The Morgan fingerprint density at radius 2 is 1.77 bits per heavy atom. The molecule has 1 aliphatic rings. The summed E-state index contributed by atoms with van der Waals surface area (Å²) in [4.78, 5) is 18.1. The smallest absolute Gasteiger partial charge is 0.230 e. The Bertz CT molecular complexity index is 1330. The first-order chi connectivity index (χ1) is 17.1. The lowest BCUT2D eigenvalue weighted by molar-refractivity contribution is -0.128. The zero-order valence-electron chi connectivity index (χ0n) is 19.5. The average Bonchev–Trinajstić information content (AvgIpc) is 3.28. The van der Waals surface area contributed by atoms with Crippen molar-refractivity contribution in [3.63, 3.8) is 0 Å². The van der Waals surface area contributed by atoms with Crippen molar-refractivity contribution in [1.82, 2.24) is 19.9 Å². The van der Waals surface area contributed by atoms with Gasteiger partial charge in [0.25, 0.3) is 0 Å². The highest BCUT2D eigenvalue weighted by Crippen LogP contribution is 2.39. The van der Waals surface area contributed by atoms with Crippen LogP contribution in [0.1, 0.15) is 37.7 Å². The van der Waals surface area contributed by atoms with Crippen LogP contribution in [0.15, 0.2) is 66.9 Å². The minimum absolute atomic E-state index is 0.102. The molecule has 176 valence electrons. The Kier molecular flexibility index (Phi) is 6.78. The largest absolute Gasteiger partial charge is 0.368 e. The van der Waals surface area contributed by atoms with E-state index in [9.17, 15) is 4.79 Å². The molecule has 1 aliphatic carbocycles. The number of halogens is 1. The van der Waals surface area contributed by atoms with Crippen molar-refractivity contribution in [3.05, 3.63) is 77.4 Å². The first kappa shape index (κ1) is 23.4. The van der Waals surface area contributed by atoms with Gasteiger partial charge in [0, 0.05) is 35.9 Å². The summed E-state index contributed by atoms with van der Waals surface area (Å²) >= 11 is 6.41. The molecule has 4 aromatic rings. The van der Waals surface area contributed by atoms with Gasteiger partial charge in [-0.1, -0.05) is 79.4 Å². The second-order valence-electron chi connectivity index (χ2n) is 9.03. The first-order valence-electron chi connectivity index (χ1n) is 12.1. The van der Waals surface area contributed by atoms with Gasteiger partial charge in [0.1, 0.15) is 13.7 Å². The van der Waals surface area contributed by atoms with Crippen LogP contribution >= 0.6 is 11.6 Å². The molecule has 0 saturated heterocycles. The normalized spacial score (nSPS) is 15.1. The molecule has 0 bridgehead atoms. The number of carbonyl (C=O) groups is 1. The minimum atomic E-state index is -0.447. The van der Waals surface area contributed by atoms with Crippen LogP contribution in [-0.4, -0.2) is 41.4 Å². The van der Waals surface area contributed by atoms with E-state index in [0.717, 1.165) is 42.6 Å². The molecular formula is C27H27BClN5O. The maximum atomic E-state index is 13.4. The van der Waals surface area contributed by atoms with Crippen LogP contribution in [0.4, 0.5) is 5.82 Å². The monoisotopic (exact) mass is 483 g/mol. The number of fused-ring (bicyclic) bond motifs is 1. The van der Waals surface area contributed by atoms with E-state index in [1.807, 2.05) is 48.5 Å². The van der Waals surface area contributed by atoms with Crippen LogP contribution in [0.5, 0.6) is 0 Å². The molecule has 6 nitrogen and oxygen atoms in total. The third kappa shape index (κ3) is 4.65. The quantitative estimate of drug-likeness (QED) is 0.304. The van der Waals surface area contributed by atoms with Crippen molar-refractivity contribution in [1.29, 1.82) is 0 Å². The van der Waals surface area contributed by atoms with E-state index in [2.05, 4.69) is 32.8 Å². The van der Waals surface area contributed by atoms with Crippen LogP contribution in [0.2, 0.25) is 5.02 Å². The van der Waals surface area contributed by atoms with Crippen molar-refractivity contribution in [2.24, 2.45) is 0 Å². The Labute approximate surface area is 211 Å². The summed E-state index contributed by atoms with van der Waals surface area (Å²) < 4.78 is 1.67. The number of anilines is 1. The molecule has 1 fully saturated rings. The number of nitrogens with zero attached hydrogens (tertiary/aromatic N) is 3. The fourth-order valence-electron chi connectivity index (χ4n) is 5.01. The zero-order valence-corrected chi connectivity index (χ0v) is 20.3. The standard InChI is InChI=1S/C27H27BClN5O/c28-21-18-32-34-24(17-23(33-25(21)34)20-11-5-6-12-22(20)29)30-15-16-31-26(35)27(13-7-2-8-14-27)19-9-3-1-4-10-19/h1,3-6,9-12,17-18,30H,2,7-8,13-16H2,(H,31,35). The van der Waals surface area contributed by atoms with E-state index in [1.54, 1.807) is 10.7 Å². The summed E-state index contributed by atoms with van der Waals surface area (Å²) in [5.74, 6) is 0.830. The Balaban J connectivity index is 1.32. The summed E-state index contributed by atoms with van der Waals surface area (Å²) in [6.45, 7) is 1.01. The van der Waals surface area contributed by atoms with Crippen LogP contribution in [-0.2, 0) is 10.2 Å². The Morgan fingerprint density at radius 1 is 1.03 bits per heavy atom. The molecule has 2 aromatic carbocycles. The zero-order chi connectivity index (χ0) is 24.3. The first-order valence-corrected chi connectivity index (χ1v) is 12.4. The second kappa shape index (κ2) is 10.1. The van der Waals surface area contributed by atoms with Gasteiger partial charge in [-0.2, -0.15) is 9.61 Å². The van der Waals surface area contributed by atoms with Crippen molar-refractivity contribution in [3.8, 4) is 11.3 Å². The summed E-state index contributed by atoms with van der Waals surface area (Å²) in [6, 6.07) is 19.6. The lowest BCUT2D eigenvalue weighted by atomic mass is 9.68. The molecule has 2 heterocycles. The van der Waals surface area contributed by atoms with E-state index in [4.69, 9.17) is 19.4 Å². The molecule has 2 radical (unpaired) electrons. The number of benzene rings is 2. The molecule has 8 heteroatoms. The molecular weight excluding hydrogens is 457 g/mol. The van der Waals surface area contributed by atoms with Gasteiger partial charge in [-0.05, 0) is 29.9 Å². The van der Waals surface area contributed by atoms with Crippen LogP contribution in [0.25, 0.3) is 16.9 Å². The van der Waals surface area contributed by atoms with E-state index < -0.39 is 5.41 Å². The SMILES string of the molecule is [B]c1cnn2c(NCCNC(=O)C3(c4ccccc4)CCCCC3)cc(-c3ccccc3Cl)nc12. The molecule has 35 heavy (non-hydrogen) atoms. The van der Waals surface area contributed by atoms with Crippen molar-refractivity contribution < 1.29 is 4.79 Å². The minimum Gasteiger partial charge on any atom is -0.368 e. The maximum Gasteiger partial charge on any atom is 0.230 e. The third-order valence-corrected chi connectivity index (χ3v) is 7.16. The highest BCUT2D eigenvalue weighted by atomic mass is 35.5. The van der Waals surface area contributed by atoms with Gasteiger partial charge >= 0.3 is 0 Å². The number of aromatic nitrogens is 3. The number of carbonyl (C=O) groups excluding carboxylic acids is 1. The van der Waals surface area contributed by atoms with E-state index in [-0.39, 0.29) is 5.91 Å². The van der Waals surface area contributed by atoms with Crippen LogP contribution in [0, 0.1) is 0 Å². The summed E-state index contributed by atoms with van der Waals surface area (Å²) in [5.41, 5.74) is 3.22. The fourth-order valence-corrected chi connectivity index (χ4v) is 5.24. The average molecular weight is 484 g/mol. The molecule has 0 aliphatic heterocycles. The number of hydrogen-bond donors (Lipinski definition) is 2. The van der Waals surface area contributed by atoms with Crippen LogP contribution < -0.4 is 16.1 Å². The fraction of sp³-hybridized carbons (Fsp3) is 0.296. The van der Waals surface area contributed by atoms with Gasteiger partial charge in [0.05, 0.1) is 11.1 Å². The van der Waals surface area contributed by atoms with Gasteiger partial charge in [-0.15, -0.1) is 0 Å². The van der Waals surface area contributed by atoms with Crippen molar-refractivity contribution >= 4 is 42.3 Å². The highest BCUT2D eigenvalue weighted by molar-refractivity contribution is 6.36. The lowest BCUT2D eigenvalue weighted by Gasteiger charge is -2.36. The summed E-state index contributed by atoms with van der Waals surface area (Å²) in [6.07, 6.45) is 6.67. The number of hydrogen-bond acceptors (Lipinski definition) is 4. The highest BCUT2D eigenvalue weighted by Gasteiger charge is 2.40. The maximum absolute atomic E-state index is 13.4. The second-order valence-corrected chi connectivity index (χ2v) is 9.44. The van der Waals surface area contributed by atoms with Gasteiger partial charge in [0.2, 0.25) is 5.91 Å². The van der Waals surface area contributed by atoms with E-state index in [1.165, 1.54) is 6.42 Å². The molecule has 2 aromatic heterocycles. The number of amides is 1. The molecule has 1 amide bonds. The topological polar surface area (TPSA) is 71.3 Å². The number of nitrogens with one attached hydrogen (secondary N) is 2. The predicted octanol–water partition coefficient (Wildman–Crippen LogP) is 4.27. The summed E-state index contributed by atoms with van der Waals surface area (Å²) in [7, 11) is 6.11. The van der Waals surface area contributed by atoms with Gasteiger partial charge < -0.3 is 10.6 Å². The van der Waals surface area contributed by atoms with Gasteiger partial charge in [0.15, 0.2) is 5.65 Å². The molecule has 0 unspecified atom stereocenters. The molecule has 1 saturated carbocycles. The molecule has 0 spiro atoms. The third-order valence-electron chi connectivity index (χ3n) is 6.83. The summed E-state index contributed by atoms with van der Waals surface area (Å²) in [5, 5.41) is 11.5. The molecule has 0 atom stereocenters. The van der Waals surface area contributed by atoms with Gasteiger partial charge in [-0.3, -0.25) is 4.79 Å². The van der Waals surface area contributed by atoms with Crippen LogP contribution in [0.3, 0.4) is 0 Å². The van der Waals surface area contributed by atoms with E-state index >= 15 is 0 Å². The van der Waals surface area contributed by atoms with E-state index in [0.29, 0.717) is 34.9 Å². The molecule has 5 rings (SSSR count). The Morgan fingerprint density at radius 3 is 2.54 bits per heavy atom. The van der Waals surface area contributed by atoms with Gasteiger partial charge in [-0.25, -0.2) is 4.98 Å². The number of rotatable bonds is 7. The lowest BCUT2D eigenvalue weighted by Crippen LogP contribution is -2.47. The predicted molar refractivity (Wildman–Crippen MR) is 142 cm³/mol. The molecule has 2 N–H and O–H groups in total.